The Kier molecular flexibility index (Phi) is 4.00. The zero-order valence-electron chi connectivity index (χ0n) is 11.3. The summed E-state index contributed by atoms with van der Waals surface area (Å²) in [6.45, 7) is 6.17. The van der Waals surface area contributed by atoms with Gasteiger partial charge in [0.1, 0.15) is 0 Å². The number of rotatable bonds is 4. The molecular formula is C15H17NO2S. The number of hydrogen-bond donors (Lipinski definition) is 1. The molecule has 0 saturated carbocycles. The number of aromatic nitrogens is 1. The summed E-state index contributed by atoms with van der Waals surface area (Å²) in [7, 11) is 0. The van der Waals surface area contributed by atoms with E-state index in [1.54, 1.807) is 0 Å². The van der Waals surface area contributed by atoms with Crippen molar-refractivity contribution in [2.24, 2.45) is 0 Å². The molecule has 0 amide bonds. The van der Waals surface area contributed by atoms with Crippen LogP contribution in [0.15, 0.2) is 24.3 Å². The van der Waals surface area contributed by atoms with Crippen molar-refractivity contribution >= 4 is 17.3 Å². The number of aliphatic carboxylic acids is 1. The SMILES string of the molecule is Cc1ccc(-c2nc(C(C)C)sc2CC(=O)O)cc1. The summed E-state index contributed by atoms with van der Waals surface area (Å²) in [6.07, 6.45) is 0.0353. The molecule has 0 aliphatic heterocycles. The molecule has 0 atom stereocenters. The fourth-order valence-electron chi connectivity index (χ4n) is 1.81. The van der Waals surface area contributed by atoms with E-state index in [9.17, 15) is 4.79 Å². The second-order valence-electron chi connectivity index (χ2n) is 4.92. The van der Waals surface area contributed by atoms with Crippen molar-refractivity contribution in [1.82, 2.24) is 4.98 Å². The minimum absolute atomic E-state index is 0.0353. The minimum atomic E-state index is -0.813. The molecule has 0 fully saturated rings. The van der Waals surface area contributed by atoms with E-state index in [2.05, 4.69) is 18.8 Å². The lowest BCUT2D eigenvalue weighted by molar-refractivity contribution is -0.136. The lowest BCUT2D eigenvalue weighted by Gasteiger charge is -2.01. The number of aryl methyl sites for hydroxylation is 1. The largest absolute Gasteiger partial charge is 0.481 e. The highest BCUT2D eigenvalue weighted by molar-refractivity contribution is 7.12. The molecule has 4 heteroatoms. The second kappa shape index (κ2) is 5.53. The van der Waals surface area contributed by atoms with E-state index < -0.39 is 5.97 Å². The number of carboxylic acids is 1. The molecular weight excluding hydrogens is 258 g/mol. The van der Waals surface area contributed by atoms with Gasteiger partial charge in [0.2, 0.25) is 0 Å². The van der Waals surface area contributed by atoms with E-state index in [1.807, 2.05) is 31.2 Å². The molecule has 0 bridgehead atoms. The quantitative estimate of drug-likeness (QED) is 0.921. The average Bonchev–Trinajstić information content (AvgIpc) is 2.73. The van der Waals surface area contributed by atoms with Crippen molar-refractivity contribution < 1.29 is 9.90 Å². The molecule has 0 spiro atoms. The van der Waals surface area contributed by atoms with Gasteiger partial charge >= 0.3 is 5.97 Å². The van der Waals surface area contributed by atoms with Crippen LogP contribution < -0.4 is 0 Å². The summed E-state index contributed by atoms with van der Waals surface area (Å²) in [5.74, 6) is -0.496. The van der Waals surface area contributed by atoms with Crippen LogP contribution in [-0.2, 0) is 11.2 Å². The summed E-state index contributed by atoms with van der Waals surface area (Å²) in [5, 5.41) is 10.0. The van der Waals surface area contributed by atoms with Crippen molar-refractivity contribution in [3.8, 4) is 11.3 Å². The molecule has 1 aromatic carbocycles. The molecule has 1 N–H and O–H groups in total. The van der Waals surface area contributed by atoms with Crippen LogP contribution in [0.4, 0.5) is 0 Å². The van der Waals surface area contributed by atoms with Crippen LogP contribution in [0, 0.1) is 6.92 Å². The molecule has 1 aromatic heterocycles. The van der Waals surface area contributed by atoms with Gasteiger partial charge in [-0.15, -0.1) is 11.3 Å². The monoisotopic (exact) mass is 275 g/mol. The van der Waals surface area contributed by atoms with E-state index >= 15 is 0 Å². The number of hydrogen-bond acceptors (Lipinski definition) is 3. The Bertz CT molecular complexity index is 585. The van der Waals surface area contributed by atoms with Crippen molar-refractivity contribution in [2.75, 3.05) is 0 Å². The first-order valence-electron chi connectivity index (χ1n) is 6.26. The minimum Gasteiger partial charge on any atom is -0.481 e. The van der Waals surface area contributed by atoms with Gasteiger partial charge in [0, 0.05) is 16.4 Å². The summed E-state index contributed by atoms with van der Waals surface area (Å²) in [6, 6.07) is 8.04. The van der Waals surface area contributed by atoms with Crippen LogP contribution in [0.5, 0.6) is 0 Å². The van der Waals surface area contributed by atoms with Gasteiger partial charge < -0.3 is 5.11 Å². The standard InChI is InChI=1S/C15H17NO2S/c1-9(2)15-16-14(12(19-15)8-13(17)18)11-6-4-10(3)5-7-11/h4-7,9H,8H2,1-3H3,(H,17,18). The maximum atomic E-state index is 11.0. The number of benzene rings is 1. The Morgan fingerprint density at radius 1 is 1.32 bits per heavy atom. The third-order valence-corrected chi connectivity index (χ3v) is 4.20. The highest BCUT2D eigenvalue weighted by Crippen LogP contribution is 2.32. The molecule has 19 heavy (non-hydrogen) atoms. The smallest absolute Gasteiger partial charge is 0.308 e. The maximum Gasteiger partial charge on any atom is 0.308 e. The predicted octanol–water partition coefficient (Wildman–Crippen LogP) is 3.87. The van der Waals surface area contributed by atoms with Gasteiger partial charge in [0.05, 0.1) is 17.1 Å². The summed E-state index contributed by atoms with van der Waals surface area (Å²) < 4.78 is 0. The van der Waals surface area contributed by atoms with Crippen molar-refractivity contribution in [2.45, 2.75) is 33.1 Å². The first-order chi connectivity index (χ1) is 8.97. The van der Waals surface area contributed by atoms with Gasteiger partial charge in [-0.1, -0.05) is 43.7 Å². The number of carbonyl (C=O) groups is 1. The van der Waals surface area contributed by atoms with E-state index in [1.165, 1.54) is 16.9 Å². The molecule has 0 aliphatic carbocycles. The van der Waals surface area contributed by atoms with Crippen molar-refractivity contribution in [3.05, 3.63) is 39.7 Å². The zero-order chi connectivity index (χ0) is 14.0. The van der Waals surface area contributed by atoms with E-state index in [0.717, 1.165) is 21.1 Å². The van der Waals surface area contributed by atoms with Crippen LogP contribution in [0.25, 0.3) is 11.3 Å². The number of carboxylic acid groups (broad SMARTS) is 1. The first-order valence-corrected chi connectivity index (χ1v) is 7.07. The molecule has 1 heterocycles. The fraction of sp³-hybridized carbons (Fsp3) is 0.333. The Labute approximate surface area is 116 Å². The Morgan fingerprint density at radius 2 is 1.95 bits per heavy atom. The molecule has 0 radical (unpaired) electrons. The number of thiazole rings is 1. The highest BCUT2D eigenvalue weighted by atomic mass is 32.1. The fourth-order valence-corrected chi connectivity index (χ4v) is 2.89. The molecule has 0 aliphatic rings. The van der Waals surface area contributed by atoms with Crippen LogP contribution in [0.1, 0.15) is 35.2 Å². The topological polar surface area (TPSA) is 50.2 Å². The van der Waals surface area contributed by atoms with Gasteiger partial charge in [0.15, 0.2) is 0 Å². The number of nitrogens with zero attached hydrogens (tertiary/aromatic N) is 1. The van der Waals surface area contributed by atoms with Gasteiger partial charge in [-0.05, 0) is 6.92 Å². The molecule has 100 valence electrons. The summed E-state index contributed by atoms with van der Waals surface area (Å²) >= 11 is 1.50. The normalized spacial score (nSPS) is 10.9. The van der Waals surface area contributed by atoms with E-state index in [0.29, 0.717) is 5.92 Å². The highest BCUT2D eigenvalue weighted by Gasteiger charge is 2.17. The van der Waals surface area contributed by atoms with Crippen molar-refractivity contribution in [3.63, 3.8) is 0 Å². The molecule has 3 nitrogen and oxygen atoms in total. The summed E-state index contributed by atoms with van der Waals surface area (Å²) in [5.41, 5.74) is 2.99. The Balaban J connectivity index is 2.47. The van der Waals surface area contributed by atoms with Crippen LogP contribution in [0.2, 0.25) is 0 Å². The van der Waals surface area contributed by atoms with Gasteiger partial charge in [-0.25, -0.2) is 4.98 Å². The van der Waals surface area contributed by atoms with E-state index in [4.69, 9.17) is 5.11 Å². The third kappa shape index (κ3) is 3.20. The molecule has 2 rings (SSSR count). The van der Waals surface area contributed by atoms with Crippen LogP contribution in [0.3, 0.4) is 0 Å². The third-order valence-electron chi connectivity index (χ3n) is 2.84. The van der Waals surface area contributed by atoms with Gasteiger partial charge in [0.25, 0.3) is 0 Å². The lowest BCUT2D eigenvalue weighted by atomic mass is 10.1. The predicted molar refractivity (Wildman–Crippen MR) is 77.7 cm³/mol. The summed E-state index contributed by atoms with van der Waals surface area (Å²) in [4.78, 5) is 16.4. The maximum absolute atomic E-state index is 11.0. The van der Waals surface area contributed by atoms with Gasteiger partial charge in [-0.2, -0.15) is 0 Å². The molecule has 0 saturated heterocycles. The van der Waals surface area contributed by atoms with Gasteiger partial charge in [-0.3, -0.25) is 4.79 Å². The van der Waals surface area contributed by atoms with Crippen molar-refractivity contribution in [1.29, 1.82) is 0 Å². The first kappa shape index (κ1) is 13.7. The van der Waals surface area contributed by atoms with Crippen LogP contribution >= 0.6 is 11.3 Å². The Morgan fingerprint density at radius 3 is 2.47 bits per heavy atom. The average molecular weight is 275 g/mol. The lowest BCUT2D eigenvalue weighted by Crippen LogP contribution is -1.99. The van der Waals surface area contributed by atoms with Crippen LogP contribution in [-0.4, -0.2) is 16.1 Å². The molecule has 0 unspecified atom stereocenters. The molecule has 2 aromatic rings. The zero-order valence-corrected chi connectivity index (χ0v) is 12.1. The second-order valence-corrected chi connectivity index (χ2v) is 6.03. The van der Waals surface area contributed by atoms with E-state index in [-0.39, 0.29) is 6.42 Å². The Hall–Kier alpha value is -1.68.